The Hall–Kier alpha value is -2.17. The van der Waals surface area contributed by atoms with Gasteiger partial charge in [-0.3, -0.25) is 9.80 Å². The average molecular weight is 558 g/mol. The zero-order valence-electron chi connectivity index (χ0n) is 21.9. The first kappa shape index (κ1) is 24.8. The van der Waals surface area contributed by atoms with Crippen molar-refractivity contribution < 1.29 is 4.74 Å². The molecule has 4 fully saturated rings. The van der Waals surface area contributed by atoms with Crippen molar-refractivity contribution in [3.63, 3.8) is 0 Å². The lowest BCUT2D eigenvalue weighted by Crippen LogP contribution is -2.68. The van der Waals surface area contributed by atoms with Gasteiger partial charge in [-0.15, -0.1) is 0 Å². The van der Waals surface area contributed by atoms with E-state index in [4.69, 9.17) is 32.9 Å². The Labute approximate surface area is 233 Å². The van der Waals surface area contributed by atoms with E-state index in [1.807, 2.05) is 12.1 Å². The highest BCUT2D eigenvalue weighted by molar-refractivity contribution is 6.35. The second-order valence-electron chi connectivity index (χ2n) is 11.7. The van der Waals surface area contributed by atoms with E-state index in [0.29, 0.717) is 33.3 Å². The maximum atomic E-state index is 6.47. The lowest BCUT2D eigenvalue weighted by atomic mass is 9.63. The number of fused-ring (bicyclic) bond motifs is 1. The summed E-state index contributed by atoms with van der Waals surface area (Å²) in [4.78, 5) is 16.9. The monoisotopic (exact) mass is 556 g/mol. The molecule has 0 amide bonds. The summed E-state index contributed by atoms with van der Waals surface area (Å²) >= 11 is 12.6. The fourth-order valence-corrected chi connectivity index (χ4v) is 7.34. The predicted molar refractivity (Wildman–Crippen MR) is 149 cm³/mol. The highest BCUT2D eigenvalue weighted by Crippen LogP contribution is 2.49. The van der Waals surface area contributed by atoms with Crippen molar-refractivity contribution >= 4 is 40.6 Å². The highest BCUT2D eigenvalue weighted by Gasteiger charge is 2.52. The number of hydrogen-bond acceptors (Lipinski definition) is 8. The normalized spacial score (nSPS) is 25.3. The van der Waals surface area contributed by atoms with Crippen molar-refractivity contribution in [1.82, 2.24) is 29.4 Å². The minimum absolute atomic E-state index is 0.0493. The number of ether oxygens (including phenoxy) is 1. The van der Waals surface area contributed by atoms with Crippen molar-refractivity contribution in [3.8, 4) is 0 Å². The number of nitrogens with zero attached hydrogens (tertiary/aromatic N) is 7. The third kappa shape index (κ3) is 4.32. The molecule has 1 N–H and O–H groups in total. The first-order valence-corrected chi connectivity index (χ1v) is 14.4. The molecule has 1 aromatic carbocycles. The fraction of sp³-hybridized carbons (Fsp3) is 0.593. The van der Waals surface area contributed by atoms with Gasteiger partial charge in [0.15, 0.2) is 0 Å². The molecule has 1 saturated carbocycles. The van der Waals surface area contributed by atoms with E-state index in [1.165, 1.54) is 19.4 Å². The molecule has 11 heteroatoms. The van der Waals surface area contributed by atoms with Crippen molar-refractivity contribution in [1.29, 1.82) is 0 Å². The van der Waals surface area contributed by atoms with Crippen LogP contribution < -0.4 is 10.2 Å². The standard InChI is InChI=1S/C27H34Cl2N8O/c1-17-11-34(5-6-36(17)20-9-27(10-20)14-38-15-27)21-12-35(13-21)24-8-25(37-26(33-24)30-16-31-37)32-18(2)22-4-3-19(28)7-23(22)29/h3-4,7-8,16-18,20-21,32H,5-6,9-15H2,1-2H3/t17-,18+/m0/s1. The van der Waals surface area contributed by atoms with Crippen LogP contribution in [-0.4, -0.2) is 93.4 Å². The quantitative estimate of drug-likeness (QED) is 0.488. The highest BCUT2D eigenvalue weighted by atomic mass is 35.5. The molecule has 7 rings (SSSR count). The first-order chi connectivity index (χ1) is 18.4. The molecule has 0 radical (unpaired) electrons. The van der Waals surface area contributed by atoms with Gasteiger partial charge in [0.05, 0.1) is 19.3 Å². The zero-order chi connectivity index (χ0) is 26.0. The number of nitrogens with one attached hydrogen (secondary N) is 1. The Morgan fingerprint density at radius 1 is 1.08 bits per heavy atom. The molecule has 5 heterocycles. The zero-order valence-corrected chi connectivity index (χ0v) is 23.4. The van der Waals surface area contributed by atoms with Gasteiger partial charge in [0.1, 0.15) is 18.0 Å². The van der Waals surface area contributed by atoms with Crippen LogP contribution in [0.5, 0.6) is 0 Å². The molecule has 202 valence electrons. The van der Waals surface area contributed by atoms with Crippen LogP contribution in [0.15, 0.2) is 30.6 Å². The summed E-state index contributed by atoms with van der Waals surface area (Å²) in [5.74, 6) is 2.34. The number of anilines is 2. The Morgan fingerprint density at radius 2 is 1.89 bits per heavy atom. The minimum atomic E-state index is -0.0493. The molecule has 2 atom stereocenters. The molecule has 1 spiro atoms. The number of piperazine rings is 1. The first-order valence-electron chi connectivity index (χ1n) is 13.6. The van der Waals surface area contributed by atoms with E-state index in [2.05, 4.69) is 50.0 Å². The lowest BCUT2D eigenvalue weighted by Gasteiger charge is -2.59. The third-order valence-corrected chi connectivity index (χ3v) is 9.63. The van der Waals surface area contributed by atoms with Gasteiger partial charge in [-0.2, -0.15) is 19.6 Å². The van der Waals surface area contributed by atoms with Crippen molar-refractivity contribution in [2.24, 2.45) is 5.41 Å². The van der Waals surface area contributed by atoms with E-state index in [9.17, 15) is 0 Å². The Bertz CT molecular complexity index is 1330. The minimum Gasteiger partial charge on any atom is -0.380 e. The molecule has 2 aromatic heterocycles. The van der Waals surface area contributed by atoms with Gasteiger partial charge in [-0.25, -0.2) is 0 Å². The van der Waals surface area contributed by atoms with Crippen LogP contribution >= 0.6 is 23.2 Å². The average Bonchev–Trinajstić information content (AvgIpc) is 3.26. The molecule has 3 aliphatic heterocycles. The molecule has 4 aliphatic rings. The topological polar surface area (TPSA) is 74.1 Å². The van der Waals surface area contributed by atoms with E-state index in [0.717, 1.165) is 62.6 Å². The molecule has 3 aromatic rings. The van der Waals surface area contributed by atoms with Crippen molar-refractivity contribution in [2.45, 2.75) is 50.9 Å². The van der Waals surface area contributed by atoms with Crippen LogP contribution in [0.1, 0.15) is 38.3 Å². The predicted octanol–water partition coefficient (Wildman–Crippen LogP) is 3.98. The molecular weight excluding hydrogens is 523 g/mol. The maximum Gasteiger partial charge on any atom is 0.256 e. The summed E-state index contributed by atoms with van der Waals surface area (Å²) in [6.07, 6.45) is 4.19. The van der Waals surface area contributed by atoms with Gasteiger partial charge in [0, 0.05) is 72.4 Å². The fourth-order valence-electron chi connectivity index (χ4n) is 6.76. The lowest BCUT2D eigenvalue weighted by molar-refractivity contribution is -0.191. The van der Waals surface area contributed by atoms with Gasteiger partial charge >= 0.3 is 0 Å². The van der Waals surface area contributed by atoms with Gasteiger partial charge in [-0.05, 0) is 44.4 Å². The van der Waals surface area contributed by atoms with Crippen LogP contribution in [0.25, 0.3) is 5.78 Å². The molecule has 1 aliphatic carbocycles. The Kier molecular flexibility index (Phi) is 6.20. The third-order valence-electron chi connectivity index (χ3n) is 9.07. The van der Waals surface area contributed by atoms with Crippen LogP contribution in [0.3, 0.4) is 0 Å². The molecule has 0 bridgehead atoms. The van der Waals surface area contributed by atoms with Crippen molar-refractivity contribution in [3.05, 3.63) is 46.2 Å². The summed E-state index contributed by atoms with van der Waals surface area (Å²) in [7, 11) is 0. The van der Waals surface area contributed by atoms with E-state index in [1.54, 1.807) is 16.9 Å². The van der Waals surface area contributed by atoms with Crippen molar-refractivity contribution in [2.75, 3.05) is 56.2 Å². The summed E-state index contributed by atoms with van der Waals surface area (Å²) in [5, 5.41) is 9.20. The van der Waals surface area contributed by atoms with Crippen LogP contribution in [-0.2, 0) is 4.74 Å². The Balaban J connectivity index is 0.996. The smallest absolute Gasteiger partial charge is 0.256 e. The van der Waals surface area contributed by atoms with E-state index in [-0.39, 0.29) is 6.04 Å². The van der Waals surface area contributed by atoms with Crippen LogP contribution in [0.4, 0.5) is 11.6 Å². The second kappa shape index (κ2) is 9.48. The second-order valence-corrected chi connectivity index (χ2v) is 12.5. The van der Waals surface area contributed by atoms with Crippen LogP contribution in [0, 0.1) is 5.41 Å². The van der Waals surface area contributed by atoms with Gasteiger partial charge in [0.2, 0.25) is 0 Å². The number of aromatic nitrogens is 4. The molecule has 0 unspecified atom stereocenters. The summed E-state index contributed by atoms with van der Waals surface area (Å²) in [6, 6.07) is 9.51. The van der Waals surface area contributed by atoms with Crippen LogP contribution in [0.2, 0.25) is 10.0 Å². The number of hydrogen-bond donors (Lipinski definition) is 1. The van der Waals surface area contributed by atoms with Gasteiger partial charge < -0.3 is 15.0 Å². The van der Waals surface area contributed by atoms with Gasteiger partial charge in [-0.1, -0.05) is 29.3 Å². The summed E-state index contributed by atoms with van der Waals surface area (Å²) < 4.78 is 7.21. The largest absolute Gasteiger partial charge is 0.380 e. The van der Waals surface area contributed by atoms with E-state index >= 15 is 0 Å². The Morgan fingerprint density at radius 3 is 2.61 bits per heavy atom. The molecular formula is C27H34Cl2N8O. The number of benzene rings is 1. The maximum absolute atomic E-state index is 6.47. The number of rotatable bonds is 6. The number of halogens is 2. The summed E-state index contributed by atoms with van der Waals surface area (Å²) in [6.45, 7) is 11.8. The molecule has 3 saturated heterocycles. The van der Waals surface area contributed by atoms with Gasteiger partial charge in [0.25, 0.3) is 5.78 Å². The van der Waals surface area contributed by atoms with E-state index < -0.39 is 0 Å². The molecule has 38 heavy (non-hydrogen) atoms. The summed E-state index contributed by atoms with van der Waals surface area (Å²) in [5.41, 5.74) is 1.50. The molecule has 9 nitrogen and oxygen atoms in total. The SMILES string of the molecule is C[C@@H](Nc1cc(N2CC(N3CCN(C4CC5(COC5)C4)[C@@H](C)C3)C2)nc2ncnn12)c1ccc(Cl)cc1Cl.